The Morgan fingerprint density at radius 3 is 2.53 bits per heavy atom. The highest BCUT2D eigenvalue weighted by Crippen LogP contribution is 2.26. The first-order chi connectivity index (χ1) is 8.22. The lowest BCUT2D eigenvalue weighted by Gasteiger charge is -2.35. The molecule has 17 heavy (non-hydrogen) atoms. The van der Waals surface area contributed by atoms with Gasteiger partial charge in [0.1, 0.15) is 5.82 Å². The van der Waals surface area contributed by atoms with E-state index in [0.717, 1.165) is 50.3 Å². The van der Waals surface area contributed by atoms with E-state index in [1.54, 1.807) is 6.07 Å². The summed E-state index contributed by atoms with van der Waals surface area (Å²) < 4.78 is 14.0. The molecule has 1 saturated heterocycles. The van der Waals surface area contributed by atoms with Crippen LogP contribution in [0, 0.1) is 5.82 Å². The Bertz CT molecular complexity index is 370. The molecular weight excluding hydrogens is 215 g/mol. The third-order valence-corrected chi connectivity index (χ3v) is 3.41. The molecule has 0 atom stereocenters. The van der Waals surface area contributed by atoms with Crippen LogP contribution < -0.4 is 4.90 Å². The maximum absolute atomic E-state index is 14.0. The number of aryl methyl sites for hydroxylation is 1. The molecule has 0 saturated carbocycles. The molecule has 0 N–H and O–H groups in total. The van der Waals surface area contributed by atoms with Crippen molar-refractivity contribution in [2.45, 2.75) is 19.8 Å². The minimum absolute atomic E-state index is 0.0690. The fourth-order valence-electron chi connectivity index (χ4n) is 2.42. The maximum atomic E-state index is 14.0. The zero-order valence-electron chi connectivity index (χ0n) is 10.7. The summed E-state index contributed by atoms with van der Waals surface area (Å²) in [7, 11) is 2.12. The molecular formula is C14H21FN2. The highest BCUT2D eigenvalue weighted by molar-refractivity contribution is 5.55. The highest BCUT2D eigenvalue weighted by Gasteiger charge is 2.19. The topological polar surface area (TPSA) is 6.48 Å². The molecule has 0 unspecified atom stereocenters. The summed E-state index contributed by atoms with van der Waals surface area (Å²) in [6.07, 6.45) is 2.02. The molecule has 0 amide bonds. The molecule has 0 aromatic heterocycles. The van der Waals surface area contributed by atoms with Gasteiger partial charge in [0.15, 0.2) is 0 Å². The Morgan fingerprint density at radius 1 is 1.18 bits per heavy atom. The van der Waals surface area contributed by atoms with Crippen molar-refractivity contribution in [3.63, 3.8) is 0 Å². The van der Waals surface area contributed by atoms with Crippen molar-refractivity contribution in [2.75, 3.05) is 38.1 Å². The first-order valence-electron chi connectivity index (χ1n) is 6.43. The Morgan fingerprint density at radius 2 is 1.88 bits per heavy atom. The van der Waals surface area contributed by atoms with Gasteiger partial charge in [0.25, 0.3) is 0 Å². The molecule has 1 aliphatic heterocycles. The van der Waals surface area contributed by atoms with Crippen LogP contribution in [0.2, 0.25) is 0 Å². The number of halogens is 1. The van der Waals surface area contributed by atoms with E-state index >= 15 is 0 Å². The smallest absolute Gasteiger partial charge is 0.146 e. The van der Waals surface area contributed by atoms with Crippen molar-refractivity contribution >= 4 is 5.69 Å². The summed E-state index contributed by atoms with van der Waals surface area (Å²) >= 11 is 0. The second-order valence-corrected chi connectivity index (χ2v) is 4.79. The Balaban J connectivity index is 2.23. The molecule has 2 nitrogen and oxygen atoms in total. The van der Waals surface area contributed by atoms with Gasteiger partial charge in [-0.2, -0.15) is 0 Å². The van der Waals surface area contributed by atoms with E-state index in [9.17, 15) is 4.39 Å². The molecule has 0 spiro atoms. The van der Waals surface area contributed by atoms with Gasteiger partial charge in [0, 0.05) is 26.2 Å². The molecule has 1 aromatic rings. The Kier molecular flexibility index (Phi) is 4.00. The summed E-state index contributed by atoms with van der Waals surface area (Å²) in [5, 5.41) is 0. The van der Waals surface area contributed by atoms with Crippen LogP contribution in [0.1, 0.15) is 18.9 Å². The third kappa shape index (κ3) is 2.78. The average molecular weight is 236 g/mol. The van der Waals surface area contributed by atoms with Crippen molar-refractivity contribution in [3.8, 4) is 0 Å². The lowest BCUT2D eigenvalue weighted by atomic mass is 10.1. The zero-order chi connectivity index (χ0) is 12.3. The summed E-state index contributed by atoms with van der Waals surface area (Å²) in [6.45, 7) is 6.01. The lowest BCUT2D eigenvalue weighted by molar-refractivity contribution is 0.311. The number of para-hydroxylation sites is 1. The van der Waals surface area contributed by atoms with Crippen LogP contribution in [0.25, 0.3) is 0 Å². The van der Waals surface area contributed by atoms with Gasteiger partial charge in [-0.15, -0.1) is 0 Å². The summed E-state index contributed by atoms with van der Waals surface area (Å²) in [6, 6.07) is 5.45. The molecule has 94 valence electrons. The van der Waals surface area contributed by atoms with E-state index in [-0.39, 0.29) is 5.82 Å². The summed E-state index contributed by atoms with van der Waals surface area (Å²) in [5.41, 5.74) is 1.99. The molecule has 1 aliphatic rings. The van der Waals surface area contributed by atoms with Crippen LogP contribution in [0.15, 0.2) is 18.2 Å². The molecule has 1 aromatic carbocycles. The number of likely N-dealkylation sites (N-methyl/N-ethyl adjacent to an activating group) is 1. The number of rotatable bonds is 3. The summed E-state index contributed by atoms with van der Waals surface area (Å²) in [4.78, 5) is 4.48. The largest absolute Gasteiger partial charge is 0.366 e. The van der Waals surface area contributed by atoms with Crippen LogP contribution >= 0.6 is 0 Å². The van der Waals surface area contributed by atoms with E-state index in [1.165, 1.54) is 0 Å². The first-order valence-corrected chi connectivity index (χ1v) is 6.43. The van der Waals surface area contributed by atoms with Gasteiger partial charge in [0.05, 0.1) is 5.69 Å². The van der Waals surface area contributed by atoms with Crippen LogP contribution in [0.4, 0.5) is 10.1 Å². The standard InChI is InChI=1S/C14H21FN2/c1-3-5-12-6-4-7-13(15)14(12)17-10-8-16(2)9-11-17/h4,6-7H,3,5,8-11H2,1-2H3. The second-order valence-electron chi connectivity index (χ2n) is 4.79. The van der Waals surface area contributed by atoms with Crippen molar-refractivity contribution in [1.82, 2.24) is 4.90 Å². The quantitative estimate of drug-likeness (QED) is 0.795. The van der Waals surface area contributed by atoms with Gasteiger partial charge in [-0.25, -0.2) is 4.39 Å². The maximum Gasteiger partial charge on any atom is 0.146 e. The number of anilines is 1. The van der Waals surface area contributed by atoms with E-state index in [1.807, 2.05) is 6.07 Å². The fourth-order valence-corrected chi connectivity index (χ4v) is 2.42. The van der Waals surface area contributed by atoms with Crippen molar-refractivity contribution in [2.24, 2.45) is 0 Å². The van der Waals surface area contributed by atoms with E-state index in [2.05, 4.69) is 29.8 Å². The van der Waals surface area contributed by atoms with Gasteiger partial charge >= 0.3 is 0 Å². The van der Waals surface area contributed by atoms with Crippen LogP contribution in [-0.4, -0.2) is 38.1 Å². The Hall–Kier alpha value is -1.09. The van der Waals surface area contributed by atoms with Gasteiger partial charge < -0.3 is 9.80 Å². The van der Waals surface area contributed by atoms with Gasteiger partial charge in [-0.05, 0) is 25.1 Å². The molecule has 0 bridgehead atoms. The number of piperazine rings is 1. The van der Waals surface area contributed by atoms with Crippen LogP contribution in [0.3, 0.4) is 0 Å². The highest BCUT2D eigenvalue weighted by atomic mass is 19.1. The molecule has 0 aliphatic carbocycles. The second kappa shape index (κ2) is 5.50. The molecule has 2 rings (SSSR count). The van der Waals surface area contributed by atoms with Crippen molar-refractivity contribution < 1.29 is 4.39 Å². The SMILES string of the molecule is CCCc1cccc(F)c1N1CCN(C)CC1. The zero-order valence-corrected chi connectivity index (χ0v) is 10.7. The van der Waals surface area contributed by atoms with E-state index in [4.69, 9.17) is 0 Å². The minimum Gasteiger partial charge on any atom is -0.366 e. The molecule has 1 heterocycles. The predicted molar refractivity (Wildman–Crippen MR) is 70.1 cm³/mol. The molecule has 1 fully saturated rings. The molecule has 0 radical (unpaired) electrons. The molecule has 3 heteroatoms. The van der Waals surface area contributed by atoms with Gasteiger partial charge in [-0.3, -0.25) is 0 Å². The van der Waals surface area contributed by atoms with E-state index < -0.39 is 0 Å². The number of benzene rings is 1. The predicted octanol–water partition coefficient (Wildman–Crippen LogP) is 2.53. The lowest BCUT2D eigenvalue weighted by Crippen LogP contribution is -2.45. The van der Waals surface area contributed by atoms with Gasteiger partial charge in [0.2, 0.25) is 0 Å². The van der Waals surface area contributed by atoms with Crippen molar-refractivity contribution in [1.29, 1.82) is 0 Å². The first kappa shape index (κ1) is 12.4. The number of hydrogen-bond donors (Lipinski definition) is 0. The normalized spacial score (nSPS) is 17.5. The van der Waals surface area contributed by atoms with Crippen LogP contribution in [-0.2, 0) is 6.42 Å². The number of nitrogens with zero attached hydrogens (tertiary/aromatic N) is 2. The van der Waals surface area contributed by atoms with Crippen LogP contribution in [0.5, 0.6) is 0 Å². The summed E-state index contributed by atoms with van der Waals surface area (Å²) in [5.74, 6) is -0.0690. The minimum atomic E-state index is -0.0690. The average Bonchev–Trinajstić information content (AvgIpc) is 2.32. The number of hydrogen-bond acceptors (Lipinski definition) is 2. The monoisotopic (exact) mass is 236 g/mol. The van der Waals surface area contributed by atoms with Gasteiger partial charge in [-0.1, -0.05) is 25.5 Å². The third-order valence-electron chi connectivity index (χ3n) is 3.41. The van der Waals surface area contributed by atoms with Crippen molar-refractivity contribution in [3.05, 3.63) is 29.6 Å². The fraction of sp³-hybridized carbons (Fsp3) is 0.571. The van der Waals surface area contributed by atoms with E-state index in [0.29, 0.717) is 0 Å². The Labute approximate surface area is 103 Å².